The van der Waals surface area contributed by atoms with Gasteiger partial charge in [-0.3, -0.25) is 9.36 Å². The van der Waals surface area contributed by atoms with Crippen LogP contribution >= 0.6 is 0 Å². The van der Waals surface area contributed by atoms with Crippen molar-refractivity contribution in [3.63, 3.8) is 0 Å². The van der Waals surface area contributed by atoms with Gasteiger partial charge in [-0.1, -0.05) is 0 Å². The number of nitrogens with zero attached hydrogens (tertiary/aromatic N) is 5. The van der Waals surface area contributed by atoms with Gasteiger partial charge in [0.25, 0.3) is 5.56 Å². The highest BCUT2D eigenvalue weighted by molar-refractivity contribution is 5.62. The molecule has 1 saturated heterocycles. The molecule has 0 saturated carbocycles. The number of hydrogen-bond acceptors (Lipinski definition) is 8. The van der Waals surface area contributed by atoms with E-state index in [1.165, 1.54) is 0 Å². The lowest BCUT2D eigenvalue weighted by Crippen LogP contribution is -2.32. The summed E-state index contributed by atoms with van der Waals surface area (Å²) in [4.78, 5) is 29.1. The van der Waals surface area contributed by atoms with Gasteiger partial charge in [-0.2, -0.15) is 0 Å². The van der Waals surface area contributed by atoms with E-state index in [2.05, 4.69) is 20.2 Å². The molecule has 0 spiro atoms. The maximum absolute atomic E-state index is 13.2. The first kappa shape index (κ1) is 22.6. The molecule has 0 aliphatic carbocycles. The van der Waals surface area contributed by atoms with Crippen molar-refractivity contribution in [1.29, 1.82) is 0 Å². The predicted molar refractivity (Wildman–Crippen MR) is 128 cm³/mol. The molecule has 0 aromatic carbocycles. The molecule has 1 aliphatic rings. The highest BCUT2D eigenvalue weighted by Gasteiger charge is 2.26. The number of nitrogens with one attached hydrogen (secondary N) is 1. The van der Waals surface area contributed by atoms with Gasteiger partial charge in [0.1, 0.15) is 23.1 Å². The van der Waals surface area contributed by atoms with Crippen LogP contribution in [0.1, 0.15) is 24.7 Å². The highest BCUT2D eigenvalue weighted by atomic mass is 16.5. The molecular weight excluding hydrogens is 420 g/mol. The zero-order chi connectivity index (χ0) is 23.5. The highest BCUT2D eigenvalue weighted by Crippen LogP contribution is 2.26. The van der Waals surface area contributed by atoms with Crippen molar-refractivity contribution in [1.82, 2.24) is 19.5 Å². The van der Waals surface area contributed by atoms with Gasteiger partial charge in [0.2, 0.25) is 5.88 Å². The van der Waals surface area contributed by atoms with E-state index < -0.39 is 0 Å². The molecule has 1 N–H and O–H groups in total. The van der Waals surface area contributed by atoms with Crippen molar-refractivity contribution in [3.05, 3.63) is 52.2 Å². The Kier molecular flexibility index (Phi) is 6.48. The van der Waals surface area contributed by atoms with E-state index in [9.17, 15) is 4.79 Å². The second-order valence-electron chi connectivity index (χ2n) is 8.11. The molecular formula is C24H30N6O3. The van der Waals surface area contributed by atoms with E-state index in [1.54, 1.807) is 31.0 Å². The van der Waals surface area contributed by atoms with Crippen LogP contribution in [0.2, 0.25) is 0 Å². The molecule has 1 atom stereocenters. The predicted octanol–water partition coefficient (Wildman–Crippen LogP) is 2.95. The van der Waals surface area contributed by atoms with Crippen LogP contribution in [0.25, 0.3) is 11.4 Å². The molecule has 4 rings (SSSR count). The minimum Gasteiger partial charge on any atom is -0.494 e. The molecule has 9 heteroatoms. The summed E-state index contributed by atoms with van der Waals surface area (Å²) in [5, 5.41) is 3.44. The van der Waals surface area contributed by atoms with Crippen LogP contribution in [0.4, 0.5) is 11.5 Å². The van der Waals surface area contributed by atoms with Gasteiger partial charge in [-0.05, 0) is 39.3 Å². The molecule has 174 valence electrons. The van der Waals surface area contributed by atoms with Crippen molar-refractivity contribution in [2.75, 3.05) is 37.0 Å². The summed E-state index contributed by atoms with van der Waals surface area (Å²) < 4.78 is 12.4. The Hall–Kier alpha value is -3.62. The number of anilines is 2. The molecule has 9 nitrogen and oxygen atoms in total. The molecule has 4 heterocycles. The molecule has 1 aliphatic heterocycles. The third-order valence-electron chi connectivity index (χ3n) is 5.87. The van der Waals surface area contributed by atoms with Crippen molar-refractivity contribution < 1.29 is 9.47 Å². The van der Waals surface area contributed by atoms with Gasteiger partial charge >= 0.3 is 0 Å². The van der Waals surface area contributed by atoms with Gasteiger partial charge in [0.15, 0.2) is 0 Å². The molecule has 1 fully saturated rings. The minimum atomic E-state index is -0.109. The average molecular weight is 451 g/mol. The number of rotatable bonds is 7. The SMILES string of the molecule is CCOc1ccnc(N2CCC(Nc3c(C)nc(-c4ccc(OC)nc4C)n(C)c3=O)C2)c1. The van der Waals surface area contributed by atoms with Crippen LogP contribution < -0.4 is 25.2 Å². The van der Waals surface area contributed by atoms with Crippen LogP contribution in [-0.2, 0) is 7.05 Å². The number of aryl methyl sites for hydroxylation is 2. The Balaban J connectivity index is 1.54. The van der Waals surface area contributed by atoms with E-state index in [0.717, 1.165) is 42.3 Å². The fourth-order valence-corrected chi connectivity index (χ4v) is 4.12. The fraction of sp³-hybridized carbons (Fsp3) is 0.417. The normalized spacial score (nSPS) is 15.5. The van der Waals surface area contributed by atoms with Gasteiger partial charge in [-0.25, -0.2) is 15.0 Å². The topological polar surface area (TPSA) is 94.4 Å². The zero-order valence-corrected chi connectivity index (χ0v) is 19.8. The number of ether oxygens (including phenoxy) is 2. The summed E-state index contributed by atoms with van der Waals surface area (Å²) in [6.45, 7) is 7.92. The lowest BCUT2D eigenvalue weighted by atomic mass is 10.1. The Bertz CT molecular complexity index is 1210. The summed E-state index contributed by atoms with van der Waals surface area (Å²) in [5.41, 5.74) is 2.65. The van der Waals surface area contributed by atoms with E-state index >= 15 is 0 Å². The lowest BCUT2D eigenvalue weighted by Gasteiger charge is -2.20. The lowest BCUT2D eigenvalue weighted by molar-refractivity contribution is 0.340. The Labute approximate surface area is 193 Å². The monoisotopic (exact) mass is 450 g/mol. The summed E-state index contributed by atoms with van der Waals surface area (Å²) in [6, 6.07) is 7.59. The van der Waals surface area contributed by atoms with Gasteiger partial charge in [-0.15, -0.1) is 0 Å². The van der Waals surface area contributed by atoms with Crippen molar-refractivity contribution >= 4 is 11.5 Å². The number of hydrogen-bond donors (Lipinski definition) is 1. The summed E-state index contributed by atoms with van der Waals surface area (Å²) in [6.07, 6.45) is 2.66. The number of pyridine rings is 2. The first-order valence-corrected chi connectivity index (χ1v) is 11.1. The van der Waals surface area contributed by atoms with E-state index in [4.69, 9.17) is 14.5 Å². The second-order valence-corrected chi connectivity index (χ2v) is 8.11. The van der Waals surface area contributed by atoms with Crippen molar-refractivity contribution in [2.24, 2.45) is 7.05 Å². The molecule has 1 unspecified atom stereocenters. The van der Waals surface area contributed by atoms with Crippen LogP contribution in [0, 0.1) is 13.8 Å². The molecule has 0 amide bonds. The maximum Gasteiger partial charge on any atom is 0.277 e. The smallest absolute Gasteiger partial charge is 0.277 e. The third kappa shape index (κ3) is 4.62. The standard InChI is InChI=1S/C24H30N6O3/c1-6-33-18-9-11-25-20(13-18)30-12-10-17(14-30)28-22-16(3)27-23(29(4)24(22)31)19-7-8-21(32-5)26-15(19)2/h7-9,11,13,17,28H,6,10,12,14H2,1-5H3. The van der Waals surface area contributed by atoms with Crippen molar-refractivity contribution in [3.8, 4) is 23.0 Å². The Morgan fingerprint density at radius 2 is 2.00 bits per heavy atom. The molecule has 0 radical (unpaired) electrons. The average Bonchev–Trinajstić information content (AvgIpc) is 3.28. The van der Waals surface area contributed by atoms with Crippen LogP contribution in [0.3, 0.4) is 0 Å². The number of methoxy groups -OCH3 is 1. The molecule has 33 heavy (non-hydrogen) atoms. The quantitative estimate of drug-likeness (QED) is 0.587. The summed E-state index contributed by atoms with van der Waals surface area (Å²) >= 11 is 0. The third-order valence-corrected chi connectivity index (χ3v) is 5.87. The van der Waals surface area contributed by atoms with Gasteiger partial charge in [0, 0.05) is 50.1 Å². The zero-order valence-electron chi connectivity index (χ0n) is 19.8. The van der Waals surface area contributed by atoms with Crippen LogP contribution in [0.15, 0.2) is 35.3 Å². The summed E-state index contributed by atoms with van der Waals surface area (Å²) in [7, 11) is 3.32. The van der Waals surface area contributed by atoms with Gasteiger partial charge < -0.3 is 19.7 Å². The first-order valence-electron chi connectivity index (χ1n) is 11.1. The fourth-order valence-electron chi connectivity index (χ4n) is 4.12. The minimum absolute atomic E-state index is 0.109. The van der Waals surface area contributed by atoms with E-state index in [-0.39, 0.29) is 11.6 Å². The first-order chi connectivity index (χ1) is 15.9. The largest absolute Gasteiger partial charge is 0.494 e. The number of aromatic nitrogens is 4. The molecule has 3 aromatic rings. The Morgan fingerprint density at radius 3 is 2.73 bits per heavy atom. The Morgan fingerprint density at radius 1 is 1.18 bits per heavy atom. The van der Waals surface area contributed by atoms with E-state index in [0.29, 0.717) is 29.7 Å². The summed E-state index contributed by atoms with van der Waals surface area (Å²) in [5.74, 6) is 2.81. The van der Waals surface area contributed by atoms with Gasteiger partial charge in [0.05, 0.1) is 25.1 Å². The molecule has 3 aromatic heterocycles. The second kappa shape index (κ2) is 9.48. The van der Waals surface area contributed by atoms with Crippen molar-refractivity contribution in [2.45, 2.75) is 33.2 Å². The van der Waals surface area contributed by atoms with Crippen LogP contribution in [-0.4, -0.2) is 52.4 Å². The maximum atomic E-state index is 13.2. The van der Waals surface area contributed by atoms with Crippen LogP contribution in [0.5, 0.6) is 11.6 Å². The van der Waals surface area contributed by atoms with E-state index in [1.807, 2.05) is 39.0 Å². The molecule has 0 bridgehead atoms.